The topological polar surface area (TPSA) is 51.2 Å². The second-order valence-corrected chi connectivity index (χ2v) is 5.62. The maximum Gasteiger partial charge on any atom is 0.228 e. The fourth-order valence-electron chi connectivity index (χ4n) is 2.27. The van der Waals surface area contributed by atoms with E-state index in [1.54, 1.807) is 0 Å². The number of hydrogen-bond donors (Lipinski definition) is 1. The lowest BCUT2D eigenvalue weighted by Gasteiger charge is -2.08. The predicted molar refractivity (Wildman–Crippen MR) is 89.3 cm³/mol. The summed E-state index contributed by atoms with van der Waals surface area (Å²) in [5, 5.41) is 2.39. The van der Waals surface area contributed by atoms with E-state index in [2.05, 4.69) is 10.3 Å². The zero-order chi connectivity index (χ0) is 20.3. The number of aromatic nitrogens is 1. The highest BCUT2D eigenvalue weighted by molar-refractivity contribution is 5.92. The van der Waals surface area contributed by atoms with Crippen LogP contribution in [0.3, 0.4) is 0 Å². The summed E-state index contributed by atoms with van der Waals surface area (Å²) >= 11 is 0. The number of carbonyl (C=O) groups is 1. The Morgan fingerprint density at radius 2 is 1.68 bits per heavy atom. The Balaban J connectivity index is 1.65. The molecule has 9 heteroatoms. The van der Waals surface area contributed by atoms with E-state index < -0.39 is 41.4 Å². The number of halogens is 5. The molecule has 0 fully saturated rings. The van der Waals surface area contributed by atoms with E-state index in [1.807, 2.05) is 0 Å². The second-order valence-electron chi connectivity index (χ2n) is 5.62. The van der Waals surface area contributed by atoms with Crippen molar-refractivity contribution in [3.05, 3.63) is 83.3 Å². The number of carbonyl (C=O) groups excluding carboxylic acids is 1. The molecule has 0 aliphatic heterocycles. The van der Waals surface area contributed by atoms with Crippen molar-refractivity contribution >= 4 is 11.6 Å². The number of ether oxygens (including phenoxy) is 1. The molecule has 1 heterocycles. The summed E-state index contributed by atoms with van der Waals surface area (Å²) < 4.78 is 71.5. The van der Waals surface area contributed by atoms with Crippen molar-refractivity contribution < 1.29 is 31.5 Å². The Kier molecular flexibility index (Phi) is 5.53. The van der Waals surface area contributed by atoms with Crippen LogP contribution in [0.15, 0.2) is 48.7 Å². The van der Waals surface area contributed by atoms with Crippen molar-refractivity contribution in [2.75, 3.05) is 5.32 Å². The van der Waals surface area contributed by atoms with Crippen LogP contribution in [0, 0.1) is 29.1 Å². The van der Waals surface area contributed by atoms with Crippen LogP contribution in [0.5, 0.6) is 11.6 Å². The fourth-order valence-corrected chi connectivity index (χ4v) is 2.27. The monoisotopic (exact) mass is 394 g/mol. The van der Waals surface area contributed by atoms with Crippen molar-refractivity contribution in [2.24, 2.45) is 0 Å². The van der Waals surface area contributed by atoms with Crippen molar-refractivity contribution in [3.63, 3.8) is 0 Å². The van der Waals surface area contributed by atoms with Gasteiger partial charge in [-0.3, -0.25) is 4.79 Å². The minimum Gasteiger partial charge on any atom is -0.436 e. The van der Waals surface area contributed by atoms with Gasteiger partial charge in [-0.25, -0.2) is 22.5 Å². The van der Waals surface area contributed by atoms with Crippen molar-refractivity contribution in [2.45, 2.75) is 6.42 Å². The molecule has 3 rings (SSSR count). The van der Waals surface area contributed by atoms with E-state index in [1.165, 1.54) is 30.5 Å². The maximum absolute atomic E-state index is 13.6. The summed E-state index contributed by atoms with van der Waals surface area (Å²) in [4.78, 5) is 15.8. The average Bonchev–Trinajstić information content (AvgIpc) is 2.65. The highest BCUT2D eigenvalue weighted by Gasteiger charge is 2.14. The van der Waals surface area contributed by atoms with Gasteiger partial charge in [0.25, 0.3) is 0 Å². The van der Waals surface area contributed by atoms with E-state index in [0.717, 1.165) is 6.07 Å². The quantitative estimate of drug-likeness (QED) is 0.502. The molecule has 0 radical (unpaired) electrons. The molecule has 2 aromatic carbocycles. The zero-order valence-corrected chi connectivity index (χ0v) is 14.0. The molecule has 0 aliphatic carbocycles. The van der Waals surface area contributed by atoms with Crippen molar-refractivity contribution in [3.8, 4) is 11.6 Å². The van der Waals surface area contributed by atoms with Gasteiger partial charge in [-0.1, -0.05) is 6.07 Å². The molecule has 1 aromatic heterocycles. The van der Waals surface area contributed by atoms with E-state index >= 15 is 0 Å². The molecule has 0 spiro atoms. The zero-order valence-electron chi connectivity index (χ0n) is 14.0. The van der Waals surface area contributed by atoms with Crippen LogP contribution in [-0.4, -0.2) is 10.9 Å². The number of pyridine rings is 1. The molecular formula is C19H11F5N2O2. The molecule has 144 valence electrons. The molecule has 28 heavy (non-hydrogen) atoms. The summed E-state index contributed by atoms with van der Waals surface area (Å²) in [6.45, 7) is 0. The van der Waals surface area contributed by atoms with Crippen LogP contribution in [0.4, 0.5) is 27.6 Å². The number of hydrogen-bond acceptors (Lipinski definition) is 3. The molecule has 0 atom stereocenters. The molecule has 4 nitrogen and oxygen atoms in total. The minimum atomic E-state index is -1.35. The van der Waals surface area contributed by atoms with E-state index in [4.69, 9.17) is 4.74 Å². The van der Waals surface area contributed by atoms with Crippen molar-refractivity contribution in [1.29, 1.82) is 0 Å². The molecule has 1 N–H and O–H groups in total. The van der Waals surface area contributed by atoms with Gasteiger partial charge in [0.1, 0.15) is 5.82 Å². The third-order valence-corrected chi connectivity index (χ3v) is 3.59. The number of nitrogens with zero attached hydrogens (tertiary/aromatic N) is 1. The van der Waals surface area contributed by atoms with Gasteiger partial charge in [-0.2, -0.15) is 4.39 Å². The highest BCUT2D eigenvalue weighted by atomic mass is 19.2. The SMILES string of the molecule is O=C(Cc1cc(F)c(F)cc1F)Nc1ccc(Oc2cccc(F)c2F)nc1. The standard InChI is InChI=1S/C19H11F5N2O2/c20-12-2-1-3-16(19(12)24)28-18-5-4-11(9-25-18)26-17(27)7-10-6-14(22)15(23)8-13(10)21/h1-6,8-9H,7H2,(H,26,27). The molecule has 0 unspecified atom stereocenters. The third-order valence-electron chi connectivity index (χ3n) is 3.59. The molecular weight excluding hydrogens is 383 g/mol. The normalized spacial score (nSPS) is 10.6. The van der Waals surface area contributed by atoms with Gasteiger partial charge in [-0.15, -0.1) is 0 Å². The van der Waals surface area contributed by atoms with E-state index in [9.17, 15) is 26.7 Å². The molecule has 0 bridgehead atoms. The summed E-state index contributed by atoms with van der Waals surface area (Å²) in [6, 6.07) is 7.03. The first kappa shape index (κ1) is 19.3. The number of rotatable bonds is 5. The van der Waals surface area contributed by atoms with Crippen LogP contribution < -0.4 is 10.1 Å². The van der Waals surface area contributed by atoms with Gasteiger partial charge in [0.2, 0.25) is 17.6 Å². The van der Waals surface area contributed by atoms with Crippen LogP contribution in [0.2, 0.25) is 0 Å². The lowest BCUT2D eigenvalue weighted by Crippen LogP contribution is -2.15. The van der Waals surface area contributed by atoms with Crippen LogP contribution in [-0.2, 0) is 11.2 Å². The summed E-state index contributed by atoms with van der Waals surface area (Å²) in [6.07, 6.45) is 0.641. The van der Waals surface area contributed by atoms with Gasteiger partial charge in [0, 0.05) is 17.7 Å². The van der Waals surface area contributed by atoms with Crippen LogP contribution >= 0.6 is 0 Å². The lowest BCUT2D eigenvalue weighted by molar-refractivity contribution is -0.115. The first-order valence-corrected chi connectivity index (χ1v) is 7.84. The molecule has 0 saturated heterocycles. The van der Waals surface area contributed by atoms with Crippen LogP contribution in [0.25, 0.3) is 0 Å². The molecule has 0 saturated carbocycles. The van der Waals surface area contributed by atoms with E-state index in [0.29, 0.717) is 12.1 Å². The molecule has 0 aliphatic rings. The smallest absolute Gasteiger partial charge is 0.228 e. The lowest BCUT2D eigenvalue weighted by atomic mass is 10.1. The Morgan fingerprint density at radius 3 is 2.39 bits per heavy atom. The number of amides is 1. The van der Waals surface area contributed by atoms with Gasteiger partial charge in [0.05, 0.1) is 18.3 Å². The third kappa shape index (κ3) is 4.43. The minimum absolute atomic E-state index is 0.0610. The summed E-state index contributed by atoms with van der Waals surface area (Å²) in [7, 11) is 0. The van der Waals surface area contributed by atoms with E-state index in [-0.39, 0.29) is 22.9 Å². The number of benzene rings is 2. The number of nitrogens with one attached hydrogen (secondary N) is 1. The fraction of sp³-hybridized carbons (Fsp3) is 0.0526. The average molecular weight is 394 g/mol. The van der Waals surface area contributed by atoms with Gasteiger partial charge < -0.3 is 10.1 Å². The maximum atomic E-state index is 13.6. The Labute approximate surface area is 155 Å². The van der Waals surface area contributed by atoms with Crippen molar-refractivity contribution in [1.82, 2.24) is 4.98 Å². The summed E-state index contributed by atoms with van der Waals surface area (Å²) in [5.41, 5.74) is -0.119. The summed E-state index contributed by atoms with van der Waals surface area (Å²) in [5.74, 6) is -7.04. The van der Waals surface area contributed by atoms with Gasteiger partial charge in [0.15, 0.2) is 23.2 Å². The van der Waals surface area contributed by atoms with Crippen LogP contribution in [0.1, 0.15) is 5.56 Å². The largest absolute Gasteiger partial charge is 0.436 e. The molecule has 1 amide bonds. The Morgan fingerprint density at radius 1 is 0.929 bits per heavy atom. The highest BCUT2D eigenvalue weighted by Crippen LogP contribution is 2.25. The van der Waals surface area contributed by atoms with Gasteiger partial charge in [-0.05, 0) is 24.3 Å². The number of anilines is 1. The Hall–Kier alpha value is -3.49. The Bertz CT molecular complexity index is 1030. The first-order valence-electron chi connectivity index (χ1n) is 7.84. The predicted octanol–water partition coefficient (Wildman–Crippen LogP) is 4.75. The van der Waals surface area contributed by atoms with Gasteiger partial charge >= 0.3 is 0 Å². The second kappa shape index (κ2) is 8.03. The first-order chi connectivity index (χ1) is 13.3. The molecule has 3 aromatic rings.